The van der Waals surface area contributed by atoms with Crippen molar-refractivity contribution in [3.63, 3.8) is 0 Å². The average molecular weight is 248 g/mol. The molecule has 0 radical (unpaired) electrons. The first-order valence-corrected chi connectivity index (χ1v) is 7.85. The molecule has 0 bridgehead atoms. The zero-order chi connectivity index (χ0) is 12.8. The first-order chi connectivity index (χ1) is 7.23. The molecule has 0 saturated heterocycles. The molecule has 0 aliphatic rings. The van der Waals surface area contributed by atoms with E-state index in [2.05, 4.69) is 6.92 Å². The van der Waals surface area contributed by atoms with Gasteiger partial charge in [0.2, 0.25) is 0 Å². The van der Waals surface area contributed by atoms with Crippen LogP contribution in [0.2, 0.25) is 0 Å². The third kappa shape index (κ3) is 4.64. The Morgan fingerprint density at radius 3 is 2.00 bits per heavy atom. The second kappa shape index (κ2) is 6.38. The summed E-state index contributed by atoms with van der Waals surface area (Å²) in [6, 6.07) is 0. The lowest BCUT2D eigenvalue weighted by molar-refractivity contribution is -0.120. The van der Waals surface area contributed by atoms with Gasteiger partial charge in [0.05, 0.1) is 0 Å². The number of hydrogen-bond acceptors (Lipinski definition) is 3. The van der Waals surface area contributed by atoms with Crippen molar-refractivity contribution in [2.45, 2.75) is 64.0 Å². The zero-order valence-electron chi connectivity index (χ0n) is 10.9. The van der Waals surface area contributed by atoms with Crippen molar-refractivity contribution < 1.29 is 13.2 Å². The van der Waals surface area contributed by atoms with E-state index >= 15 is 0 Å². The summed E-state index contributed by atoms with van der Waals surface area (Å²) in [6.45, 7) is 5.13. The van der Waals surface area contributed by atoms with Gasteiger partial charge in [-0.3, -0.25) is 4.79 Å². The zero-order valence-corrected chi connectivity index (χ0v) is 11.7. The molecule has 0 fully saturated rings. The van der Waals surface area contributed by atoms with Crippen LogP contribution in [0.15, 0.2) is 0 Å². The third-order valence-electron chi connectivity index (χ3n) is 3.11. The maximum absolute atomic E-state index is 11.8. The van der Waals surface area contributed by atoms with Crippen LogP contribution in [0.3, 0.4) is 0 Å². The Bertz CT molecular complexity index is 315. The summed E-state index contributed by atoms with van der Waals surface area (Å²) in [5.74, 6) is -0.161. The van der Waals surface area contributed by atoms with E-state index in [0.717, 1.165) is 25.5 Å². The van der Waals surface area contributed by atoms with E-state index in [1.54, 1.807) is 0 Å². The van der Waals surface area contributed by atoms with Gasteiger partial charge in [-0.15, -0.1) is 0 Å². The number of unbranched alkanes of at least 4 members (excludes halogenated alkanes) is 4. The highest BCUT2D eigenvalue weighted by molar-refractivity contribution is 7.92. The lowest BCUT2D eigenvalue weighted by Gasteiger charge is -2.20. The molecule has 0 aromatic heterocycles. The maximum atomic E-state index is 11.8. The summed E-state index contributed by atoms with van der Waals surface area (Å²) in [5.41, 5.74) is 0. The molecule has 0 rings (SSSR count). The topological polar surface area (TPSA) is 51.2 Å². The van der Waals surface area contributed by atoms with Gasteiger partial charge >= 0.3 is 0 Å². The molecule has 0 aromatic rings. The van der Waals surface area contributed by atoms with Gasteiger partial charge in [0, 0.05) is 12.7 Å². The van der Waals surface area contributed by atoms with E-state index in [0.29, 0.717) is 6.42 Å². The Balaban J connectivity index is 4.08. The monoisotopic (exact) mass is 248 g/mol. The van der Waals surface area contributed by atoms with Gasteiger partial charge in [-0.25, -0.2) is 8.42 Å². The lowest BCUT2D eigenvalue weighted by atomic mass is 10.0. The second-order valence-corrected chi connectivity index (χ2v) is 7.43. The van der Waals surface area contributed by atoms with Gasteiger partial charge in [0.25, 0.3) is 0 Å². The summed E-state index contributed by atoms with van der Waals surface area (Å²) < 4.78 is 21.6. The largest absolute Gasteiger partial charge is 0.298 e. The summed E-state index contributed by atoms with van der Waals surface area (Å²) in [6.07, 6.45) is 6.80. The van der Waals surface area contributed by atoms with Gasteiger partial charge < -0.3 is 0 Å². The SMILES string of the molecule is CCCCCCCC(=O)C(C)(C)S(C)(=O)=O. The van der Waals surface area contributed by atoms with Crippen molar-refractivity contribution in [1.29, 1.82) is 0 Å². The molecule has 0 aliphatic heterocycles. The van der Waals surface area contributed by atoms with Crippen LogP contribution in [0.4, 0.5) is 0 Å². The molecule has 0 aromatic carbocycles. The van der Waals surface area contributed by atoms with Gasteiger partial charge in [-0.1, -0.05) is 32.6 Å². The van der Waals surface area contributed by atoms with Crippen molar-refractivity contribution in [3.05, 3.63) is 0 Å². The fraction of sp³-hybridized carbons (Fsp3) is 0.917. The lowest BCUT2D eigenvalue weighted by Crippen LogP contribution is -2.39. The molecular formula is C12H24O3S. The Hall–Kier alpha value is -0.380. The van der Waals surface area contributed by atoms with Crippen LogP contribution in [-0.4, -0.2) is 25.2 Å². The number of Topliss-reactive ketones (excluding diaryl/α,β-unsaturated/α-hetero) is 1. The van der Waals surface area contributed by atoms with Gasteiger partial charge in [0.15, 0.2) is 15.6 Å². The fourth-order valence-corrected chi connectivity index (χ4v) is 1.91. The van der Waals surface area contributed by atoms with Gasteiger partial charge in [0.1, 0.15) is 4.75 Å². The quantitative estimate of drug-likeness (QED) is 0.621. The highest BCUT2D eigenvalue weighted by Gasteiger charge is 2.37. The van der Waals surface area contributed by atoms with Crippen LogP contribution in [0.5, 0.6) is 0 Å². The molecule has 0 unspecified atom stereocenters. The van der Waals surface area contributed by atoms with Crippen molar-refractivity contribution >= 4 is 15.6 Å². The highest BCUT2D eigenvalue weighted by atomic mass is 32.2. The van der Waals surface area contributed by atoms with Gasteiger partial charge in [-0.2, -0.15) is 0 Å². The molecule has 0 N–H and O–H groups in total. The smallest absolute Gasteiger partial charge is 0.159 e. The van der Waals surface area contributed by atoms with E-state index < -0.39 is 14.6 Å². The summed E-state index contributed by atoms with van der Waals surface area (Å²) >= 11 is 0. The first kappa shape index (κ1) is 15.6. The summed E-state index contributed by atoms with van der Waals surface area (Å²) in [4.78, 5) is 11.8. The van der Waals surface area contributed by atoms with Crippen LogP contribution in [0.25, 0.3) is 0 Å². The number of ketones is 1. The molecule has 96 valence electrons. The maximum Gasteiger partial charge on any atom is 0.159 e. The Morgan fingerprint density at radius 1 is 1.06 bits per heavy atom. The van der Waals surface area contributed by atoms with Crippen LogP contribution < -0.4 is 0 Å². The van der Waals surface area contributed by atoms with Crippen LogP contribution in [0, 0.1) is 0 Å². The Kier molecular flexibility index (Phi) is 6.23. The van der Waals surface area contributed by atoms with Gasteiger partial charge in [-0.05, 0) is 20.3 Å². The summed E-state index contributed by atoms with van der Waals surface area (Å²) in [7, 11) is -3.30. The van der Waals surface area contributed by atoms with Crippen molar-refractivity contribution in [2.24, 2.45) is 0 Å². The fourth-order valence-electron chi connectivity index (χ4n) is 1.40. The minimum Gasteiger partial charge on any atom is -0.298 e. The number of carbonyl (C=O) groups is 1. The number of carbonyl (C=O) groups excluding carboxylic acids is 1. The van der Waals surface area contributed by atoms with E-state index in [9.17, 15) is 13.2 Å². The highest BCUT2D eigenvalue weighted by Crippen LogP contribution is 2.20. The van der Waals surface area contributed by atoms with Crippen LogP contribution in [-0.2, 0) is 14.6 Å². The van der Waals surface area contributed by atoms with Crippen molar-refractivity contribution in [2.75, 3.05) is 6.26 Å². The van der Waals surface area contributed by atoms with E-state index in [1.807, 2.05) is 0 Å². The molecule has 16 heavy (non-hydrogen) atoms. The molecule has 0 atom stereocenters. The average Bonchev–Trinajstić information content (AvgIpc) is 2.15. The van der Waals surface area contributed by atoms with Crippen molar-refractivity contribution in [3.8, 4) is 0 Å². The second-order valence-electron chi connectivity index (χ2n) is 4.87. The number of sulfone groups is 1. The standard InChI is InChI=1S/C12H24O3S/c1-5-6-7-8-9-10-11(13)12(2,3)16(4,14)15/h5-10H2,1-4H3. The normalized spacial score (nSPS) is 12.8. The predicted molar refractivity (Wildman–Crippen MR) is 67.3 cm³/mol. The number of hydrogen-bond donors (Lipinski definition) is 0. The minimum atomic E-state index is -3.30. The third-order valence-corrected chi connectivity index (χ3v) is 5.19. The van der Waals surface area contributed by atoms with E-state index in [1.165, 1.54) is 26.7 Å². The predicted octanol–water partition coefficient (Wildman–Crippen LogP) is 2.74. The first-order valence-electron chi connectivity index (χ1n) is 5.96. The molecule has 0 spiro atoms. The Labute approximate surface area is 99.5 Å². The molecular weight excluding hydrogens is 224 g/mol. The molecule has 0 heterocycles. The van der Waals surface area contributed by atoms with Crippen molar-refractivity contribution in [1.82, 2.24) is 0 Å². The minimum absolute atomic E-state index is 0.161. The molecule has 0 saturated carbocycles. The Morgan fingerprint density at radius 2 is 1.56 bits per heavy atom. The molecule has 0 aliphatic carbocycles. The number of rotatable bonds is 8. The molecule has 0 amide bonds. The molecule has 4 heteroatoms. The van der Waals surface area contributed by atoms with Crippen LogP contribution in [0.1, 0.15) is 59.3 Å². The molecule has 3 nitrogen and oxygen atoms in total. The van der Waals surface area contributed by atoms with Crippen LogP contribution >= 0.6 is 0 Å². The summed E-state index contributed by atoms with van der Waals surface area (Å²) in [5, 5.41) is 0. The van der Waals surface area contributed by atoms with E-state index in [-0.39, 0.29) is 5.78 Å². The van der Waals surface area contributed by atoms with E-state index in [4.69, 9.17) is 0 Å².